The Bertz CT molecular complexity index is 714. The van der Waals surface area contributed by atoms with Crippen molar-refractivity contribution in [1.82, 2.24) is 15.5 Å². The van der Waals surface area contributed by atoms with Gasteiger partial charge in [-0.2, -0.15) is 0 Å². The van der Waals surface area contributed by atoms with E-state index in [1.54, 1.807) is 12.3 Å². The second-order valence-corrected chi connectivity index (χ2v) is 6.76. The second kappa shape index (κ2) is 8.80. The fourth-order valence-corrected chi connectivity index (χ4v) is 3.21. The molecule has 3 heterocycles. The van der Waals surface area contributed by atoms with Crippen molar-refractivity contribution >= 4 is 11.7 Å². The molecule has 7 heteroatoms. The molecule has 1 saturated heterocycles. The summed E-state index contributed by atoms with van der Waals surface area (Å²) in [5.74, 6) is 1.60. The maximum Gasteiger partial charge on any atom is 0.253 e. The Hall–Kier alpha value is -2.41. The minimum Gasteiger partial charge on any atom is -0.396 e. The van der Waals surface area contributed by atoms with E-state index in [0.29, 0.717) is 23.8 Å². The Morgan fingerprint density at radius 2 is 2.35 bits per heavy atom. The van der Waals surface area contributed by atoms with Gasteiger partial charge in [-0.3, -0.25) is 4.79 Å². The zero-order valence-corrected chi connectivity index (χ0v) is 15.1. The Balaban J connectivity index is 1.54. The number of anilines is 1. The number of aromatic nitrogens is 2. The number of carbonyl (C=O) groups is 1. The number of hydrogen-bond donors (Lipinski definition) is 2. The second-order valence-electron chi connectivity index (χ2n) is 6.76. The van der Waals surface area contributed by atoms with Crippen LogP contribution < -0.4 is 10.2 Å². The summed E-state index contributed by atoms with van der Waals surface area (Å²) in [4.78, 5) is 18.9. The molecule has 0 spiro atoms. The van der Waals surface area contributed by atoms with Gasteiger partial charge in [0.05, 0.1) is 17.8 Å². The molecular weight excluding hydrogens is 332 g/mol. The lowest BCUT2D eigenvalue weighted by Crippen LogP contribution is -2.37. The zero-order valence-electron chi connectivity index (χ0n) is 15.1. The summed E-state index contributed by atoms with van der Waals surface area (Å²) >= 11 is 0. The first-order valence-electron chi connectivity index (χ1n) is 9.24. The summed E-state index contributed by atoms with van der Waals surface area (Å²) in [5, 5.41) is 16.1. The normalized spacial score (nSPS) is 17.3. The van der Waals surface area contributed by atoms with Crippen LogP contribution in [0.5, 0.6) is 0 Å². The number of aryl methyl sites for hydroxylation is 1. The molecule has 1 aliphatic heterocycles. The van der Waals surface area contributed by atoms with Crippen molar-refractivity contribution in [2.24, 2.45) is 5.92 Å². The number of amides is 1. The number of pyridine rings is 1. The van der Waals surface area contributed by atoms with Crippen molar-refractivity contribution in [2.75, 3.05) is 24.6 Å². The summed E-state index contributed by atoms with van der Waals surface area (Å²) in [6.45, 7) is 4.34. The molecule has 0 bridgehead atoms. The first kappa shape index (κ1) is 18.4. The molecule has 26 heavy (non-hydrogen) atoms. The predicted molar refractivity (Wildman–Crippen MR) is 97.9 cm³/mol. The van der Waals surface area contributed by atoms with E-state index >= 15 is 0 Å². The molecule has 0 radical (unpaired) electrons. The van der Waals surface area contributed by atoms with Gasteiger partial charge in [-0.25, -0.2) is 4.98 Å². The van der Waals surface area contributed by atoms with Gasteiger partial charge in [0.25, 0.3) is 5.91 Å². The van der Waals surface area contributed by atoms with Crippen molar-refractivity contribution in [1.29, 1.82) is 0 Å². The quantitative estimate of drug-likeness (QED) is 0.788. The SMILES string of the molecule is CCCc1cc(CNC(=O)c2ccc(N3CCC[C@@H](CO)C3)nc2)on1. The third kappa shape index (κ3) is 4.60. The van der Waals surface area contributed by atoms with Crippen molar-refractivity contribution in [3.8, 4) is 0 Å². The maximum absolute atomic E-state index is 12.3. The molecule has 1 fully saturated rings. The van der Waals surface area contributed by atoms with Crippen molar-refractivity contribution in [3.63, 3.8) is 0 Å². The van der Waals surface area contributed by atoms with Gasteiger partial charge in [-0.05, 0) is 37.3 Å². The van der Waals surface area contributed by atoms with Crippen LogP contribution in [0.1, 0.15) is 48.0 Å². The van der Waals surface area contributed by atoms with Crippen LogP contribution in [0.15, 0.2) is 28.9 Å². The topological polar surface area (TPSA) is 91.5 Å². The maximum atomic E-state index is 12.3. The molecule has 2 N–H and O–H groups in total. The van der Waals surface area contributed by atoms with E-state index in [0.717, 1.165) is 50.3 Å². The summed E-state index contributed by atoms with van der Waals surface area (Å²) in [7, 11) is 0. The predicted octanol–water partition coefficient (Wildman–Crippen LogP) is 2.16. The van der Waals surface area contributed by atoms with Gasteiger partial charge >= 0.3 is 0 Å². The van der Waals surface area contributed by atoms with Crippen LogP contribution in [0.4, 0.5) is 5.82 Å². The molecular formula is C19H26N4O3. The average molecular weight is 358 g/mol. The first-order valence-corrected chi connectivity index (χ1v) is 9.24. The van der Waals surface area contributed by atoms with E-state index in [-0.39, 0.29) is 12.5 Å². The summed E-state index contributed by atoms with van der Waals surface area (Å²) in [6, 6.07) is 5.52. The number of nitrogens with zero attached hydrogens (tertiary/aromatic N) is 3. The molecule has 0 aliphatic carbocycles. The van der Waals surface area contributed by atoms with Crippen LogP contribution in [0.25, 0.3) is 0 Å². The van der Waals surface area contributed by atoms with Crippen LogP contribution >= 0.6 is 0 Å². The molecule has 1 atom stereocenters. The Kier molecular flexibility index (Phi) is 6.22. The smallest absolute Gasteiger partial charge is 0.253 e. The number of nitrogens with one attached hydrogen (secondary N) is 1. The van der Waals surface area contributed by atoms with E-state index in [1.165, 1.54) is 0 Å². The van der Waals surface area contributed by atoms with E-state index in [9.17, 15) is 9.90 Å². The van der Waals surface area contributed by atoms with Gasteiger partial charge in [-0.1, -0.05) is 18.5 Å². The van der Waals surface area contributed by atoms with Crippen molar-refractivity contribution in [2.45, 2.75) is 39.2 Å². The molecule has 2 aromatic heterocycles. The fraction of sp³-hybridized carbons (Fsp3) is 0.526. The van der Waals surface area contributed by atoms with Crippen molar-refractivity contribution in [3.05, 3.63) is 41.4 Å². The molecule has 7 nitrogen and oxygen atoms in total. The first-order chi connectivity index (χ1) is 12.7. The third-order valence-electron chi connectivity index (χ3n) is 4.65. The van der Waals surface area contributed by atoms with Gasteiger partial charge in [0.1, 0.15) is 5.82 Å². The van der Waals surface area contributed by atoms with Gasteiger partial charge in [0.15, 0.2) is 5.76 Å². The number of aliphatic hydroxyl groups is 1. The molecule has 3 rings (SSSR count). The lowest BCUT2D eigenvalue weighted by molar-refractivity contribution is 0.0946. The highest BCUT2D eigenvalue weighted by Crippen LogP contribution is 2.21. The number of carbonyl (C=O) groups excluding carboxylic acids is 1. The molecule has 0 saturated carbocycles. The van der Waals surface area contributed by atoms with E-state index in [1.807, 2.05) is 12.1 Å². The highest BCUT2D eigenvalue weighted by Gasteiger charge is 2.20. The molecule has 2 aromatic rings. The van der Waals surface area contributed by atoms with E-state index in [2.05, 4.69) is 27.3 Å². The van der Waals surface area contributed by atoms with Gasteiger partial charge in [-0.15, -0.1) is 0 Å². The lowest BCUT2D eigenvalue weighted by atomic mass is 9.99. The van der Waals surface area contributed by atoms with Crippen LogP contribution in [-0.4, -0.2) is 40.9 Å². The number of aliphatic hydroxyl groups excluding tert-OH is 1. The average Bonchev–Trinajstić information content (AvgIpc) is 3.14. The third-order valence-corrected chi connectivity index (χ3v) is 4.65. The largest absolute Gasteiger partial charge is 0.396 e. The van der Waals surface area contributed by atoms with Crippen molar-refractivity contribution < 1.29 is 14.4 Å². The van der Waals surface area contributed by atoms with Crippen LogP contribution in [-0.2, 0) is 13.0 Å². The summed E-state index contributed by atoms with van der Waals surface area (Å²) in [6.07, 6.45) is 5.57. The molecule has 0 aromatic carbocycles. The van der Waals surface area contributed by atoms with E-state index in [4.69, 9.17) is 4.52 Å². The highest BCUT2D eigenvalue weighted by molar-refractivity contribution is 5.93. The molecule has 1 aliphatic rings. The van der Waals surface area contributed by atoms with Crippen LogP contribution in [0, 0.1) is 5.92 Å². The molecule has 140 valence electrons. The monoisotopic (exact) mass is 358 g/mol. The Morgan fingerprint density at radius 3 is 3.08 bits per heavy atom. The standard InChI is InChI=1S/C19H26N4O3/c1-2-4-16-9-17(26-22-16)11-21-19(25)15-6-7-18(20-10-15)23-8-3-5-14(12-23)13-24/h6-7,9-10,14,24H,2-5,8,11-13H2,1H3,(H,21,25)/t14-/m1/s1. The number of rotatable bonds is 7. The van der Waals surface area contributed by atoms with Gasteiger partial charge in [0, 0.05) is 32.0 Å². The van der Waals surface area contributed by atoms with Crippen LogP contribution in [0.3, 0.4) is 0 Å². The molecule has 0 unspecified atom stereocenters. The lowest BCUT2D eigenvalue weighted by Gasteiger charge is -2.32. The minimum absolute atomic E-state index is 0.190. The highest BCUT2D eigenvalue weighted by atomic mass is 16.5. The fourth-order valence-electron chi connectivity index (χ4n) is 3.21. The summed E-state index contributed by atoms with van der Waals surface area (Å²) < 4.78 is 5.22. The number of piperidine rings is 1. The van der Waals surface area contributed by atoms with Gasteiger partial charge in [0.2, 0.25) is 0 Å². The molecule has 1 amide bonds. The Labute approximate surface area is 153 Å². The van der Waals surface area contributed by atoms with Gasteiger partial charge < -0.3 is 19.8 Å². The number of hydrogen-bond acceptors (Lipinski definition) is 6. The summed E-state index contributed by atoms with van der Waals surface area (Å²) in [5.41, 5.74) is 1.42. The van der Waals surface area contributed by atoms with Crippen LogP contribution in [0.2, 0.25) is 0 Å². The zero-order chi connectivity index (χ0) is 18.4. The minimum atomic E-state index is -0.190. The Morgan fingerprint density at radius 1 is 1.46 bits per heavy atom. The van der Waals surface area contributed by atoms with E-state index < -0.39 is 0 Å².